The van der Waals surface area contributed by atoms with E-state index in [4.69, 9.17) is 4.74 Å². The van der Waals surface area contributed by atoms with Gasteiger partial charge in [-0.1, -0.05) is 46.8 Å². The van der Waals surface area contributed by atoms with Crippen LogP contribution in [0, 0.1) is 45.8 Å². The Bertz CT molecular complexity index is 950. The maximum Gasteiger partial charge on any atom is 0.414 e. The van der Waals surface area contributed by atoms with Gasteiger partial charge in [0.05, 0.1) is 12.0 Å². The van der Waals surface area contributed by atoms with Crippen LogP contribution in [0.15, 0.2) is 12.2 Å². The first-order valence-electron chi connectivity index (χ1n) is 14.3. The first-order chi connectivity index (χ1) is 17.3. The molecule has 0 aromatic heterocycles. The molecule has 0 aromatic rings. The molecular weight excluding hydrogens is 468 g/mol. The van der Waals surface area contributed by atoms with E-state index in [0.29, 0.717) is 19.4 Å². The highest BCUT2D eigenvalue weighted by atomic mass is 16.6. The number of ketones is 1. The molecule has 1 aliphatic heterocycles. The van der Waals surface area contributed by atoms with Crippen LogP contribution in [-0.4, -0.2) is 60.1 Å². The number of likely N-dealkylation sites (tertiary alicyclic amines) is 1. The summed E-state index contributed by atoms with van der Waals surface area (Å²) in [5, 5.41) is 14.3. The van der Waals surface area contributed by atoms with Crippen LogP contribution in [0.25, 0.3) is 0 Å². The zero-order valence-corrected chi connectivity index (χ0v) is 23.9. The molecule has 3 saturated carbocycles. The molecule has 208 valence electrons. The maximum atomic E-state index is 13.5. The molecule has 1 heterocycles. The van der Waals surface area contributed by atoms with Gasteiger partial charge in [-0.15, -0.1) is 0 Å². The molecule has 2 unspecified atom stereocenters. The van der Waals surface area contributed by atoms with Crippen molar-refractivity contribution in [2.45, 2.75) is 92.3 Å². The van der Waals surface area contributed by atoms with E-state index in [2.05, 4.69) is 37.9 Å². The average molecular weight is 517 g/mol. The Morgan fingerprint density at radius 2 is 1.86 bits per heavy atom. The molecule has 0 spiro atoms. The molecule has 1 saturated heterocycles. The molecule has 3 aliphatic carbocycles. The van der Waals surface area contributed by atoms with E-state index >= 15 is 0 Å². The van der Waals surface area contributed by atoms with Crippen molar-refractivity contribution in [2.75, 3.05) is 20.1 Å². The minimum atomic E-state index is -0.739. The standard InChI is InChI=1S/C30H48N2O5/c1-8-12-28(5)16-23(37-27(36)31-26(35)21-17-32(7)15-11-18(21)2)29(6)19(3)9-13-30(20(4)25(28)34)14-10-22(33)24(29)30/h8,12,18-21,23-25,34H,9-11,13-17H2,1-7H3,(H,31,35,36)/b12-8+/t18-,19+,20-,21-,23+,24?,25-,28+,29-,30?/m0/s1. The molecule has 4 aliphatic rings. The van der Waals surface area contributed by atoms with Gasteiger partial charge in [-0.2, -0.15) is 0 Å². The summed E-state index contributed by atoms with van der Waals surface area (Å²) >= 11 is 0. The molecule has 2 bridgehead atoms. The van der Waals surface area contributed by atoms with E-state index in [1.54, 1.807) is 0 Å². The van der Waals surface area contributed by atoms with Gasteiger partial charge in [-0.3, -0.25) is 14.9 Å². The number of aliphatic hydroxyl groups is 1. The van der Waals surface area contributed by atoms with Crippen molar-refractivity contribution < 1.29 is 24.2 Å². The van der Waals surface area contributed by atoms with Crippen LogP contribution >= 0.6 is 0 Å². The van der Waals surface area contributed by atoms with Crippen molar-refractivity contribution in [1.29, 1.82) is 0 Å². The summed E-state index contributed by atoms with van der Waals surface area (Å²) < 4.78 is 6.21. The lowest BCUT2D eigenvalue weighted by Gasteiger charge is -2.61. The van der Waals surface area contributed by atoms with E-state index in [-0.39, 0.29) is 46.7 Å². The van der Waals surface area contributed by atoms with Crippen LogP contribution in [0.3, 0.4) is 0 Å². The first-order valence-corrected chi connectivity index (χ1v) is 14.3. The number of ether oxygens (including phenoxy) is 1. The topological polar surface area (TPSA) is 95.9 Å². The van der Waals surface area contributed by atoms with E-state index in [1.807, 2.05) is 33.0 Å². The lowest BCUT2D eigenvalue weighted by atomic mass is 9.44. The molecule has 7 nitrogen and oxygen atoms in total. The van der Waals surface area contributed by atoms with E-state index < -0.39 is 29.1 Å². The van der Waals surface area contributed by atoms with Gasteiger partial charge in [0.2, 0.25) is 5.91 Å². The molecule has 2 N–H and O–H groups in total. The minimum Gasteiger partial charge on any atom is -0.445 e. The van der Waals surface area contributed by atoms with Crippen LogP contribution < -0.4 is 5.32 Å². The van der Waals surface area contributed by atoms with Gasteiger partial charge in [0.25, 0.3) is 0 Å². The number of nitrogens with zero attached hydrogens (tertiary/aromatic N) is 1. The number of amides is 2. The highest BCUT2D eigenvalue weighted by molar-refractivity contribution is 5.93. The number of hydrogen-bond acceptors (Lipinski definition) is 6. The number of rotatable bonds is 3. The zero-order chi connectivity index (χ0) is 27.3. The number of aliphatic hydroxyl groups excluding tert-OH is 1. The smallest absolute Gasteiger partial charge is 0.414 e. The normalized spacial score (nSPS) is 46.7. The summed E-state index contributed by atoms with van der Waals surface area (Å²) in [5.74, 6) is -0.326. The second-order valence-corrected chi connectivity index (χ2v) is 13.4. The van der Waals surface area contributed by atoms with Gasteiger partial charge < -0.3 is 14.7 Å². The van der Waals surface area contributed by atoms with Crippen LogP contribution in [0.5, 0.6) is 0 Å². The van der Waals surface area contributed by atoms with E-state index in [0.717, 1.165) is 32.2 Å². The number of piperidine rings is 1. The van der Waals surface area contributed by atoms with Gasteiger partial charge in [-0.05, 0) is 75.8 Å². The predicted molar refractivity (Wildman–Crippen MR) is 143 cm³/mol. The van der Waals surface area contributed by atoms with Crippen molar-refractivity contribution in [3.63, 3.8) is 0 Å². The van der Waals surface area contributed by atoms with Gasteiger partial charge >= 0.3 is 6.09 Å². The van der Waals surface area contributed by atoms with Crippen molar-refractivity contribution in [3.05, 3.63) is 12.2 Å². The Morgan fingerprint density at radius 1 is 1.16 bits per heavy atom. The third kappa shape index (κ3) is 4.58. The number of alkyl carbamates (subject to hydrolysis) is 1. The van der Waals surface area contributed by atoms with Gasteiger partial charge in [-0.25, -0.2) is 4.79 Å². The highest BCUT2D eigenvalue weighted by Crippen LogP contribution is 2.68. The molecule has 4 fully saturated rings. The summed E-state index contributed by atoms with van der Waals surface area (Å²) in [6, 6.07) is 0. The lowest BCUT2D eigenvalue weighted by molar-refractivity contribution is -0.191. The third-order valence-corrected chi connectivity index (χ3v) is 11.4. The summed E-state index contributed by atoms with van der Waals surface area (Å²) in [6.45, 7) is 14.0. The molecule has 10 atom stereocenters. The Labute approximate surface area is 222 Å². The molecule has 0 aromatic carbocycles. The minimum absolute atomic E-state index is 0.0573. The molecule has 0 radical (unpaired) electrons. The van der Waals surface area contributed by atoms with Crippen molar-refractivity contribution in [2.24, 2.45) is 45.8 Å². The monoisotopic (exact) mass is 516 g/mol. The van der Waals surface area contributed by atoms with Crippen LogP contribution in [-0.2, 0) is 14.3 Å². The molecule has 37 heavy (non-hydrogen) atoms. The summed E-state index contributed by atoms with van der Waals surface area (Å²) in [7, 11) is 1.99. The Kier molecular flexibility index (Phi) is 7.72. The van der Waals surface area contributed by atoms with Gasteiger partial charge in [0, 0.05) is 29.7 Å². The van der Waals surface area contributed by atoms with Crippen molar-refractivity contribution >= 4 is 17.8 Å². The SMILES string of the molecule is C/C=C/[C@]1(C)C[C@@H](OC(=O)NC(=O)[C@H]2CN(C)CC[C@@H]2C)[C@@]2(C)C3C(=O)CCC3(CC[C@H]2C)[C@@H](C)[C@@H]1O. The quantitative estimate of drug-likeness (QED) is 0.533. The molecule has 2 amide bonds. The number of carbonyl (C=O) groups excluding carboxylic acids is 3. The van der Waals surface area contributed by atoms with E-state index in [9.17, 15) is 19.5 Å². The van der Waals surface area contributed by atoms with Gasteiger partial charge in [0.15, 0.2) is 0 Å². The van der Waals surface area contributed by atoms with Crippen LogP contribution in [0.2, 0.25) is 0 Å². The second-order valence-electron chi connectivity index (χ2n) is 13.4. The molecule has 7 heteroatoms. The third-order valence-electron chi connectivity index (χ3n) is 11.4. The van der Waals surface area contributed by atoms with Crippen LogP contribution in [0.1, 0.15) is 80.1 Å². The number of carbonyl (C=O) groups is 3. The zero-order valence-electron chi connectivity index (χ0n) is 23.9. The molecular formula is C30H48N2O5. The van der Waals surface area contributed by atoms with Crippen molar-refractivity contribution in [3.8, 4) is 0 Å². The summed E-state index contributed by atoms with van der Waals surface area (Å²) in [6.07, 6.45) is 6.36. The summed E-state index contributed by atoms with van der Waals surface area (Å²) in [4.78, 5) is 42.1. The largest absolute Gasteiger partial charge is 0.445 e. The van der Waals surface area contributed by atoms with Crippen molar-refractivity contribution in [1.82, 2.24) is 10.2 Å². The fraction of sp³-hybridized carbons (Fsp3) is 0.833. The fourth-order valence-electron chi connectivity index (χ4n) is 8.77. The Morgan fingerprint density at radius 3 is 2.54 bits per heavy atom. The maximum absolute atomic E-state index is 13.5. The van der Waals surface area contributed by atoms with E-state index in [1.165, 1.54) is 0 Å². The average Bonchev–Trinajstić information content (AvgIpc) is 3.19. The predicted octanol–water partition coefficient (Wildman–Crippen LogP) is 4.58. The number of allylic oxidation sites excluding steroid dienone is 1. The summed E-state index contributed by atoms with van der Waals surface area (Å²) in [5.41, 5.74) is -1.52. The Balaban J connectivity index is 1.68. The highest BCUT2D eigenvalue weighted by Gasteiger charge is 2.68. The number of nitrogens with one attached hydrogen (secondary N) is 1. The molecule has 4 rings (SSSR count). The Hall–Kier alpha value is -1.73. The van der Waals surface area contributed by atoms with Gasteiger partial charge in [0.1, 0.15) is 11.9 Å². The number of Topliss-reactive ketones (excluding diaryl/α,β-unsaturated/α-hetero) is 1. The number of hydrogen-bond donors (Lipinski definition) is 2. The fourth-order valence-corrected chi connectivity index (χ4v) is 8.77. The second kappa shape index (κ2) is 10.1. The van der Waals surface area contributed by atoms with Crippen LogP contribution in [0.4, 0.5) is 4.79 Å². The number of imide groups is 1. The first kappa shape index (κ1) is 28.3. The lowest BCUT2D eigenvalue weighted by Crippen LogP contribution is -2.63.